The highest BCUT2D eigenvalue weighted by molar-refractivity contribution is 6.28. The van der Waals surface area contributed by atoms with E-state index in [-0.39, 0.29) is 23.5 Å². The first-order chi connectivity index (χ1) is 14.6. The summed E-state index contributed by atoms with van der Waals surface area (Å²) in [5.74, 6) is -2.27. The molecule has 0 spiro atoms. The second kappa shape index (κ2) is 9.98. The van der Waals surface area contributed by atoms with E-state index in [1.807, 2.05) is 0 Å². The van der Waals surface area contributed by atoms with Crippen molar-refractivity contribution in [1.82, 2.24) is 0 Å². The summed E-state index contributed by atoms with van der Waals surface area (Å²) in [6, 6.07) is 25.2. The zero-order valence-corrected chi connectivity index (χ0v) is 16.4. The van der Waals surface area contributed by atoms with Gasteiger partial charge in [0.25, 0.3) is 0 Å². The van der Waals surface area contributed by atoms with Gasteiger partial charge in [-0.05, 0) is 19.1 Å². The first kappa shape index (κ1) is 20.7. The maximum Gasteiger partial charge on any atom is 0.346 e. The Labute approximate surface area is 174 Å². The van der Waals surface area contributed by atoms with Crippen LogP contribution in [-0.4, -0.2) is 24.3 Å². The van der Waals surface area contributed by atoms with Gasteiger partial charge in [0.1, 0.15) is 0 Å². The van der Waals surface area contributed by atoms with E-state index in [1.54, 1.807) is 97.9 Å². The Morgan fingerprint density at radius 2 is 1.13 bits per heavy atom. The first-order valence-electron chi connectivity index (χ1n) is 9.45. The molecule has 0 fully saturated rings. The molecule has 0 aliphatic heterocycles. The number of benzene rings is 3. The van der Waals surface area contributed by atoms with Crippen molar-refractivity contribution in [3.63, 3.8) is 0 Å². The second-order valence-corrected chi connectivity index (χ2v) is 6.24. The third-order valence-corrected chi connectivity index (χ3v) is 4.21. The second-order valence-electron chi connectivity index (χ2n) is 6.24. The summed E-state index contributed by atoms with van der Waals surface area (Å²) in [6.07, 6.45) is 0. The fourth-order valence-corrected chi connectivity index (χ4v) is 2.80. The maximum atomic E-state index is 13.2. The van der Waals surface area contributed by atoms with Gasteiger partial charge in [0, 0.05) is 11.1 Å². The van der Waals surface area contributed by atoms with Crippen LogP contribution in [0.2, 0.25) is 0 Å². The standard InChI is InChI=1S/C25H20O5/c1-2-29-25(28)21(22(26)18-12-6-3-7-13-18)23(19-14-8-4-9-15-19)30-24(27)20-16-10-5-11-17-20/h3-17H,2H2,1H3/b23-21+. The van der Waals surface area contributed by atoms with E-state index in [9.17, 15) is 14.4 Å². The minimum atomic E-state index is -0.855. The molecule has 0 N–H and O–H groups in total. The molecule has 0 atom stereocenters. The number of ketones is 1. The van der Waals surface area contributed by atoms with Crippen LogP contribution in [0.3, 0.4) is 0 Å². The van der Waals surface area contributed by atoms with Crippen LogP contribution in [0.25, 0.3) is 5.76 Å². The summed E-state index contributed by atoms with van der Waals surface area (Å²) in [6.45, 7) is 1.71. The smallest absolute Gasteiger partial charge is 0.346 e. The lowest BCUT2D eigenvalue weighted by atomic mass is 9.99. The number of Topliss-reactive ketones (excluding diaryl/α,β-unsaturated/α-hetero) is 1. The summed E-state index contributed by atoms with van der Waals surface area (Å²) in [7, 11) is 0. The minimum Gasteiger partial charge on any atom is -0.462 e. The van der Waals surface area contributed by atoms with Gasteiger partial charge < -0.3 is 9.47 Å². The van der Waals surface area contributed by atoms with E-state index in [1.165, 1.54) is 0 Å². The minimum absolute atomic E-state index is 0.0686. The van der Waals surface area contributed by atoms with Crippen LogP contribution in [0, 0.1) is 0 Å². The van der Waals surface area contributed by atoms with Crippen molar-refractivity contribution in [1.29, 1.82) is 0 Å². The van der Waals surface area contributed by atoms with E-state index in [4.69, 9.17) is 9.47 Å². The molecule has 30 heavy (non-hydrogen) atoms. The fourth-order valence-electron chi connectivity index (χ4n) is 2.80. The molecule has 150 valence electrons. The van der Waals surface area contributed by atoms with E-state index < -0.39 is 17.7 Å². The lowest BCUT2D eigenvalue weighted by molar-refractivity contribution is -0.138. The Morgan fingerprint density at radius 3 is 1.63 bits per heavy atom. The number of carbonyl (C=O) groups excluding carboxylic acids is 3. The third-order valence-electron chi connectivity index (χ3n) is 4.21. The maximum absolute atomic E-state index is 13.2. The molecule has 0 heterocycles. The van der Waals surface area contributed by atoms with Gasteiger partial charge in [-0.3, -0.25) is 4.79 Å². The van der Waals surface area contributed by atoms with E-state index in [2.05, 4.69) is 0 Å². The molecule has 3 aromatic carbocycles. The molecule has 0 unspecified atom stereocenters. The van der Waals surface area contributed by atoms with E-state index in [0.717, 1.165) is 0 Å². The number of rotatable bonds is 7. The van der Waals surface area contributed by atoms with Crippen molar-refractivity contribution < 1.29 is 23.9 Å². The van der Waals surface area contributed by atoms with Gasteiger partial charge >= 0.3 is 11.9 Å². The summed E-state index contributed by atoms with van der Waals surface area (Å²) in [5, 5.41) is 0. The van der Waals surface area contributed by atoms with Gasteiger partial charge in [-0.2, -0.15) is 0 Å². The van der Waals surface area contributed by atoms with Gasteiger partial charge in [-0.25, -0.2) is 9.59 Å². The van der Waals surface area contributed by atoms with Crippen LogP contribution in [0.4, 0.5) is 0 Å². The van der Waals surface area contributed by atoms with Gasteiger partial charge in [-0.15, -0.1) is 0 Å². The lowest BCUT2D eigenvalue weighted by Gasteiger charge is -2.15. The van der Waals surface area contributed by atoms with Gasteiger partial charge in [-0.1, -0.05) is 78.9 Å². The SMILES string of the molecule is CCOC(=O)/C(C(=O)c1ccccc1)=C(/OC(=O)c1ccccc1)c1ccccc1. The van der Waals surface area contributed by atoms with Gasteiger partial charge in [0.15, 0.2) is 11.3 Å². The highest BCUT2D eigenvalue weighted by atomic mass is 16.5. The monoisotopic (exact) mass is 400 g/mol. The molecule has 0 aliphatic rings. The highest BCUT2D eigenvalue weighted by Crippen LogP contribution is 2.26. The average Bonchev–Trinajstić information content (AvgIpc) is 2.80. The Kier molecular flexibility index (Phi) is 6.90. The van der Waals surface area contributed by atoms with E-state index in [0.29, 0.717) is 11.1 Å². The largest absolute Gasteiger partial charge is 0.462 e. The Bertz CT molecular complexity index is 1050. The molecule has 0 amide bonds. The first-order valence-corrected chi connectivity index (χ1v) is 9.45. The molecule has 3 rings (SSSR count). The summed E-state index contributed by atoms with van der Waals surface area (Å²) >= 11 is 0. The van der Waals surface area contributed by atoms with Crippen LogP contribution < -0.4 is 0 Å². The van der Waals surface area contributed by atoms with E-state index >= 15 is 0 Å². The molecule has 0 aromatic heterocycles. The van der Waals surface area contributed by atoms with Crippen LogP contribution in [0.15, 0.2) is 96.6 Å². The summed E-state index contributed by atoms with van der Waals surface area (Å²) in [5.41, 5.74) is 0.652. The summed E-state index contributed by atoms with van der Waals surface area (Å²) in [4.78, 5) is 38.8. The fraction of sp³-hybridized carbons (Fsp3) is 0.0800. The van der Waals surface area contributed by atoms with Crippen molar-refractivity contribution in [3.8, 4) is 0 Å². The molecular formula is C25H20O5. The molecule has 5 heteroatoms. The number of hydrogen-bond acceptors (Lipinski definition) is 5. The Balaban J connectivity index is 2.16. The molecule has 0 saturated heterocycles. The van der Waals surface area contributed by atoms with Crippen molar-refractivity contribution in [3.05, 3.63) is 113 Å². The van der Waals surface area contributed by atoms with Crippen molar-refractivity contribution in [2.75, 3.05) is 6.61 Å². The molecule has 3 aromatic rings. The number of ether oxygens (including phenoxy) is 2. The van der Waals surface area contributed by atoms with Crippen LogP contribution in [0.1, 0.15) is 33.2 Å². The molecule has 0 bridgehead atoms. The Hall–Kier alpha value is -3.99. The van der Waals surface area contributed by atoms with Crippen LogP contribution in [-0.2, 0) is 14.3 Å². The van der Waals surface area contributed by atoms with Crippen LogP contribution >= 0.6 is 0 Å². The summed E-state index contributed by atoms with van der Waals surface area (Å²) < 4.78 is 10.7. The third kappa shape index (κ3) is 4.89. The van der Waals surface area contributed by atoms with Crippen molar-refractivity contribution in [2.45, 2.75) is 6.92 Å². The topological polar surface area (TPSA) is 69.7 Å². The predicted octanol–water partition coefficient (Wildman–Crippen LogP) is 4.70. The van der Waals surface area contributed by atoms with Crippen molar-refractivity contribution >= 4 is 23.5 Å². The normalized spacial score (nSPS) is 11.2. The number of esters is 2. The zero-order valence-electron chi connectivity index (χ0n) is 16.4. The Morgan fingerprint density at radius 1 is 0.667 bits per heavy atom. The number of carbonyl (C=O) groups is 3. The van der Waals surface area contributed by atoms with Crippen LogP contribution in [0.5, 0.6) is 0 Å². The lowest BCUT2D eigenvalue weighted by Crippen LogP contribution is -2.20. The predicted molar refractivity (Wildman–Crippen MR) is 113 cm³/mol. The molecular weight excluding hydrogens is 380 g/mol. The van der Waals surface area contributed by atoms with Crippen molar-refractivity contribution in [2.24, 2.45) is 0 Å². The van der Waals surface area contributed by atoms with Gasteiger partial charge in [0.2, 0.25) is 5.78 Å². The van der Waals surface area contributed by atoms with Gasteiger partial charge in [0.05, 0.1) is 12.2 Å². The zero-order chi connectivity index (χ0) is 21.3. The average molecular weight is 400 g/mol. The molecule has 5 nitrogen and oxygen atoms in total. The molecule has 0 aliphatic carbocycles. The molecule has 0 saturated carbocycles. The number of hydrogen-bond donors (Lipinski definition) is 0. The highest BCUT2D eigenvalue weighted by Gasteiger charge is 2.29. The molecule has 0 radical (unpaired) electrons. The quantitative estimate of drug-likeness (QED) is 0.144.